The van der Waals surface area contributed by atoms with Gasteiger partial charge < -0.3 is 0 Å². The average molecular weight is 389 g/mol. The van der Waals surface area contributed by atoms with Gasteiger partial charge in [-0.15, -0.1) is 0 Å². The molecule has 2 atom stereocenters. The molecule has 0 saturated heterocycles. The number of sulfonamides is 1. The minimum absolute atomic E-state index is 0.144. The Morgan fingerprint density at radius 3 is 2.42 bits per heavy atom. The van der Waals surface area contributed by atoms with Gasteiger partial charge in [-0.05, 0) is 56.0 Å². The number of rotatable bonds is 3. The third-order valence-electron chi connectivity index (χ3n) is 5.25. The second kappa shape index (κ2) is 6.71. The topological polar surface area (TPSA) is 49.7 Å². The molecule has 1 aliphatic heterocycles. The van der Waals surface area contributed by atoms with E-state index in [1.807, 2.05) is 43.3 Å². The third kappa shape index (κ3) is 3.03. The largest absolute Gasteiger partial charge is 0.279 e. The first-order chi connectivity index (χ1) is 12.5. The number of hydrogen-bond acceptors (Lipinski definition) is 3. The molecule has 0 N–H and O–H groups in total. The number of nitrogens with zero attached hydrogens (tertiary/aromatic N) is 2. The van der Waals surface area contributed by atoms with Crippen LogP contribution in [-0.2, 0) is 10.0 Å². The molecule has 2 aromatic rings. The molecule has 2 aliphatic rings. The van der Waals surface area contributed by atoms with E-state index in [0.717, 1.165) is 42.5 Å². The Bertz CT molecular complexity index is 937. The number of hydrogen-bond donors (Lipinski definition) is 0. The summed E-state index contributed by atoms with van der Waals surface area (Å²) in [5, 5.41) is 5.23. The van der Waals surface area contributed by atoms with E-state index in [4.69, 9.17) is 11.6 Å². The summed E-state index contributed by atoms with van der Waals surface area (Å²) >= 11 is 6.03. The summed E-state index contributed by atoms with van der Waals surface area (Å²) < 4.78 is 28.0. The van der Waals surface area contributed by atoms with Crippen molar-refractivity contribution in [1.29, 1.82) is 0 Å². The molecule has 136 valence electrons. The number of aryl methyl sites for hydroxylation is 1. The van der Waals surface area contributed by atoms with Crippen molar-refractivity contribution in [1.82, 2.24) is 4.41 Å². The van der Waals surface area contributed by atoms with Crippen LogP contribution in [0.4, 0.5) is 0 Å². The van der Waals surface area contributed by atoms with Crippen molar-refractivity contribution in [3.8, 4) is 0 Å². The van der Waals surface area contributed by atoms with Gasteiger partial charge in [0.05, 0.1) is 10.9 Å². The molecule has 0 aromatic heterocycles. The van der Waals surface area contributed by atoms with Crippen LogP contribution in [0.5, 0.6) is 0 Å². The van der Waals surface area contributed by atoms with E-state index in [0.29, 0.717) is 5.02 Å². The molecule has 1 saturated carbocycles. The fraction of sp³-hybridized carbons (Fsp3) is 0.350. The molecule has 1 aliphatic carbocycles. The van der Waals surface area contributed by atoms with E-state index in [1.165, 1.54) is 4.41 Å². The van der Waals surface area contributed by atoms with Gasteiger partial charge in [0.15, 0.2) is 0 Å². The van der Waals surface area contributed by atoms with Gasteiger partial charge in [-0.1, -0.05) is 47.9 Å². The number of halogens is 1. The zero-order valence-corrected chi connectivity index (χ0v) is 16.2. The fourth-order valence-electron chi connectivity index (χ4n) is 3.87. The molecule has 1 fully saturated rings. The lowest BCUT2D eigenvalue weighted by Gasteiger charge is -2.29. The minimum atomic E-state index is -3.71. The van der Waals surface area contributed by atoms with Crippen LogP contribution in [0.3, 0.4) is 0 Å². The molecule has 2 unspecified atom stereocenters. The number of fused-ring (bicyclic) bond motifs is 1. The molecule has 0 amide bonds. The van der Waals surface area contributed by atoms with Gasteiger partial charge in [-0.2, -0.15) is 17.9 Å². The Hall–Kier alpha value is -1.85. The standard InChI is InChI=1S/C20H21ClN2O2S/c1-14-6-12-17(13-7-14)26(24,25)23-20(15-8-10-16(21)11-9-15)18-4-2-3-5-19(18)22-23/h6-13,18,20H,2-5H2,1H3. The first-order valence-corrected chi connectivity index (χ1v) is 10.7. The van der Waals surface area contributed by atoms with Crippen molar-refractivity contribution in [2.45, 2.75) is 43.5 Å². The summed E-state index contributed by atoms with van der Waals surface area (Å²) in [6, 6.07) is 14.1. The maximum absolute atomic E-state index is 13.3. The predicted molar refractivity (Wildman–Crippen MR) is 104 cm³/mol. The highest BCUT2D eigenvalue weighted by atomic mass is 35.5. The summed E-state index contributed by atoms with van der Waals surface area (Å²) in [5.41, 5.74) is 2.97. The first-order valence-electron chi connectivity index (χ1n) is 8.91. The van der Waals surface area contributed by atoms with Crippen molar-refractivity contribution < 1.29 is 8.42 Å². The van der Waals surface area contributed by atoms with Gasteiger partial charge in [-0.3, -0.25) is 0 Å². The maximum atomic E-state index is 13.3. The molecular weight excluding hydrogens is 368 g/mol. The summed E-state index contributed by atoms with van der Waals surface area (Å²) in [6.45, 7) is 1.94. The van der Waals surface area contributed by atoms with E-state index in [-0.39, 0.29) is 16.9 Å². The van der Waals surface area contributed by atoms with E-state index < -0.39 is 10.0 Å². The maximum Gasteiger partial charge on any atom is 0.279 e. The van der Waals surface area contributed by atoms with Gasteiger partial charge >= 0.3 is 0 Å². The zero-order valence-electron chi connectivity index (χ0n) is 14.6. The molecule has 6 heteroatoms. The summed E-state index contributed by atoms with van der Waals surface area (Å²) in [5.74, 6) is 0.144. The molecule has 0 bridgehead atoms. The monoisotopic (exact) mass is 388 g/mol. The van der Waals surface area contributed by atoms with Crippen LogP contribution in [0, 0.1) is 12.8 Å². The van der Waals surface area contributed by atoms with Crippen LogP contribution in [0.2, 0.25) is 5.02 Å². The Morgan fingerprint density at radius 2 is 1.73 bits per heavy atom. The highest BCUT2D eigenvalue weighted by molar-refractivity contribution is 7.89. The molecule has 4 rings (SSSR count). The molecular formula is C20H21ClN2O2S. The van der Waals surface area contributed by atoms with Gasteiger partial charge in [0.2, 0.25) is 0 Å². The van der Waals surface area contributed by atoms with Crippen LogP contribution in [0.1, 0.15) is 42.9 Å². The van der Waals surface area contributed by atoms with Crippen molar-refractivity contribution in [2.24, 2.45) is 11.0 Å². The lowest BCUT2D eigenvalue weighted by atomic mass is 9.81. The molecule has 0 spiro atoms. The van der Waals surface area contributed by atoms with Crippen LogP contribution in [0.25, 0.3) is 0 Å². The Labute approximate surface area is 159 Å². The molecule has 26 heavy (non-hydrogen) atoms. The molecule has 4 nitrogen and oxygen atoms in total. The highest BCUT2D eigenvalue weighted by Gasteiger charge is 2.44. The minimum Gasteiger partial charge on any atom is -0.200 e. The summed E-state index contributed by atoms with van der Waals surface area (Å²) in [7, 11) is -3.71. The van der Waals surface area contributed by atoms with E-state index in [2.05, 4.69) is 5.10 Å². The SMILES string of the molecule is Cc1ccc(S(=O)(=O)N2N=C3CCCCC3C2c2ccc(Cl)cc2)cc1. The number of benzene rings is 2. The molecule has 1 heterocycles. The van der Waals surface area contributed by atoms with Crippen LogP contribution < -0.4 is 0 Å². The van der Waals surface area contributed by atoms with E-state index >= 15 is 0 Å². The van der Waals surface area contributed by atoms with Gasteiger partial charge in [0.1, 0.15) is 0 Å². The van der Waals surface area contributed by atoms with Crippen molar-refractivity contribution in [3.63, 3.8) is 0 Å². The summed E-state index contributed by atoms with van der Waals surface area (Å²) in [4.78, 5) is 0.282. The van der Waals surface area contributed by atoms with E-state index in [9.17, 15) is 8.42 Å². The lowest BCUT2D eigenvalue weighted by molar-refractivity contribution is 0.308. The van der Waals surface area contributed by atoms with Crippen LogP contribution in [0.15, 0.2) is 58.5 Å². The third-order valence-corrected chi connectivity index (χ3v) is 7.17. The number of hydrazone groups is 1. The molecule has 0 radical (unpaired) electrons. The second-order valence-corrected chi connectivity index (χ2v) is 9.26. The smallest absolute Gasteiger partial charge is 0.200 e. The Morgan fingerprint density at radius 1 is 1.04 bits per heavy atom. The van der Waals surface area contributed by atoms with Crippen LogP contribution >= 0.6 is 11.6 Å². The predicted octanol–water partition coefficient (Wildman–Crippen LogP) is 4.94. The highest BCUT2D eigenvalue weighted by Crippen LogP contribution is 2.44. The second-order valence-electron chi connectivity index (χ2n) is 7.03. The van der Waals surface area contributed by atoms with Gasteiger partial charge in [0.25, 0.3) is 10.0 Å². The van der Waals surface area contributed by atoms with E-state index in [1.54, 1.807) is 12.1 Å². The van der Waals surface area contributed by atoms with Crippen LogP contribution in [-0.4, -0.2) is 18.5 Å². The zero-order chi connectivity index (χ0) is 18.3. The van der Waals surface area contributed by atoms with Gasteiger partial charge in [0, 0.05) is 16.7 Å². The first kappa shape index (κ1) is 17.6. The Kier molecular flexibility index (Phi) is 4.53. The summed E-state index contributed by atoms with van der Waals surface area (Å²) in [6.07, 6.45) is 4.01. The van der Waals surface area contributed by atoms with Crippen molar-refractivity contribution in [2.75, 3.05) is 0 Å². The van der Waals surface area contributed by atoms with Gasteiger partial charge in [-0.25, -0.2) is 0 Å². The van der Waals surface area contributed by atoms with Crippen molar-refractivity contribution >= 4 is 27.3 Å². The lowest BCUT2D eigenvalue weighted by Crippen LogP contribution is -2.31. The van der Waals surface area contributed by atoms with Crippen molar-refractivity contribution in [3.05, 3.63) is 64.7 Å². The average Bonchev–Trinajstić information content (AvgIpc) is 3.03. The molecule has 2 aromatic carbocycles. The normalized spacial score (nSPS) is 22.8. The fourth-order valence-corrected chi connectivity index (χ4v) is 5.47. The Balaban J connectivity index is 1.79. The quantitative estimate of drug-likeness (QED) is 0.747.